The molecule has 0 aromatic carbocycles. The molecule has 3 heteroatoms. The van der Waals surface area contributed by atoms with Crippen LogP contribution in [0.2, 0.25) is 0 Å². The first kappa shape index (κ1) is 12.6. The van der Waals surface area contributed by atoms with Crippen molar-refractivity contribution in [3.63, 3.8) is 0 Å². The zero-order valence-corrected chi connectivity index (χ0v) is 12.1. The summed E-state index contributed by atoms with van der Waals surface area (Å²) >= 11 is 0. The number of ether oxygens (including phenoxy) is 1. The van der Waals surface area contributed by atoms with Crippen molar-refractivity contribution in [1.82, 2.24) is 10.2 Å². The molecule has 3 aliphatic heterocycles. The molecule has 3 nitrogen and oxygen atoms in total. The minimum Gasteiger partial charge on any atom is -0.375 e. The summed E-state index contributed by atoms with van der Waals surface area (Å²) in [7, 11) is 0. The van der Waals surface area contributed by atoms with Crippen LogP contribution >= 0.6 is 0 Å². The van der Waals surface area contributed by atoms with Gasteiger partial charge >= 0.3 is 0 Å². The Morgan fingerprint density at radius 1 is 1.05 bits per heavy atom. The summed E-state index contributed by atoms with van der Waals surface area (Å²) in [5, 5.41) is 3.74. The van der Waals surface area contributed by atoms with Crippen molar-refractivity contribution in [2.45, 2.75) is 69.1 Å². The van der Waals surface area contributed by atoms with Gasteiger partial charge in [0.2, 0.25) is 0 Å². The Morgan fingerprint density at radius 3 is 2.79 bits per heavy atom. The molecule has 0 amide bonds. The molecule has 4 fully saturated rings. The lowest BCUT2D eigenvalue weighted by molar-refractivity contribution is -0.0995. The van der Waals surface area contributed by atoms with Gasteiger partial charge in [-0.05, 0) is 51.0 Å². The zero-order valence-electron chi connectivity index (χ0n) is 12.1. The molecule has 1 N–H and O–H groups in total. The van der Waals surface area contributed by atoms with Crippen LogP contribution in [0.1, 0.15) is 51.4 Å². The van der Waals surface area contributed by atoms with E-state index in [4.69, 9.17) is 4.74 Å². The van der Waals surface area contributed by atoms with Crippen LogP contribution in [0.5, 0.6) is 0 Å². The van der Waals surface area contributed by atoms with Gasteiger partial charge in [-0.3, -0.25) is 4.90 Å². The molecule has 0 aromatic rings. The van der Waals surface area contributed by atoms with Gasteiger partial charge in [0.25, 0.3) is 0 Å². The maximum absolute atomic E-state index is 6.19. The fraction of sp³-hybridized carbons (Fsp3) is 1.00. The molecular weight excluding hydrogens is 236 g/mol. The van der Waals surface area contributed by atoms with E-state index in [1.54, 1.807) is 0 Å². The van der Waals surface area contributed by atoms with Crippen molar-refractivity contribution in [3.05, 3.63) is 0 Å². The van der Waals surface area contributed by atoms with Crippen molar-refractivity contribution in [2.24, 2.45) is 5.92 Å². The molecule has 1 unspecified atom stereocenters. The van der Waals surface area contributed by atoms with Crippen molar-refractivity contribution in [1.29, 1.82) is 0 Å². The Kier molecular flexibility index (Phi) is 3.33. The van der Waals surface area contributed by atoms with Gasteiger partial charge in [0.1, 0.15) is 0 Å². The zero-order chi connectivity index (χ0) is 12.7. The molecular formula is C16H28N2O. The van der Waals surface area contributed by atoms with E-state index in [2.05, 4.69) is 10.2 Å². The Hall–Kier alpha value is -0.120. The van der Waals surface area contributed by atoms with Crippen molar-refractivity contribution >= 4 is 0 Å². The maximum Gasteiger partial charge on any atom is 0.0697 e. The van der Waals surface area contributed by atoms with E-state index in [9.17, 15) is 0 Å². The Bertz CT molecular complexity index is 313. The van der Waals surface area contributed by atoms with Crippen LogP contribution in [0, 0.1) is 5.92 Å². The second-order valence-electron chi connectivity index (χ2n) is 7.30. The standard InChI is InChI=1S/C16H28N2O/c1-2-7-16(6-1)10-14(5-9-19-16)18-11-13-4-3-8-17-15(13)12-18/h13-15,17H,1-12H2/t13-,14?,15+/m0/s1. The van der Waals surface area contributed by atoms with Gasteiger partial charge in [0.05, 0.1) is 5.60 Å². The summed E-state index contributed by atoms with van der Waals surface area (Å²) in [4.78, 5) is 2.80. The number of fused-ring (bicyclic) bond motifs is 1. The third kappa shape index (κ3) is 2.34. The van der Waals surface area contributed by atoms with Gasteiger partial charge < -0.3 is 10.1 Å². The van der Waals surface area contributed by atoms with Gasteiger partial charge in [0, 0.05) is 31.8 Å². The lowest BCUT2D eigenvalue weighted by atomic mass is 9.88. The van der Waals surface area contributed by atoms with Gasteiger partial charge in [-0.2, -0.15) is 0 Å². The van der Waals surface area contributed by atoms with E-state index < -0.39 is 0 Å². The van der Waals surface area contributed by atoms with E-state index in [1.165, 1.54) is 71.0 Å². The van der Waals surface area contributed by atoms with Crippen LogP contribution in [0.3, 0.4) is 0 Å². The second kappa shape index (κ2) is 5.01. The number of likely N-dealkylation sites (tertiary alicyclic amines) is 1. The average molecular weight is 264 g/mol. The van der Waals surface area contributed by atoms with E-state index in [1.807, 2.05) is 0 Å². The first-order valence-electron chi connectivity index (χ1n) is 8.46. The number of nitrogens with zero attached hydrogens (tertiary/aromatic N) is 1. The molecule has 3 saturated heterocycles. The number of nitrogens with one attached hydrogen (secondary N) is 1. The molecule has 3 heterocycles. The molecule has 4 rings (SSSR count). The molecule has 0 bridgehead atoms. The Balaban J connectivity index is 1.42. The minimum atomic E-state index is 0.282. The third-order valence-corrected chi connectivity index (χ3v) is 6.13. The summed E-state index contributed by atoms with van der Waals surface area (Å²) in [6.45, 7) is 4.89. The predicted molar refractivity (Wildman–Crippen MR) is 76.3 cm³/mol. The summed E-state index contributed by atoms with van der Waals surface area (Å²) in [5.41, 5.74) is 0.282. The van der Waals surface area contributed by atoms with Crippen molar-refractivity contribution < 1.29 is 4.74 Å². The van der Waals surface area contributed by atoms with E-state index >= 15 is 0 Å². The van der Waals surface area contributed by atoms with Crippen molar-refractivity contribution in [3.8, 4) is 0 Å². The first-order chi connectivity index (χ1) is 9.35. The smallest absolute Gasteiger partial charge is 0.0697 e. The number of hydrogen-bond acceptors (Lipinski definition) is 3. The topological polar surface area (TPSA) is 24.5 Å². The van der Waals surface area contributed by atoms with E-state index in [0.717, 1.165) is 24.6 Å². The molecule has 4 aliphatic rings. The van der Waals surface area contributed by atoms with Crippen LogP contribution in [-0.2, 0) is 4.74 Å². The molecule has 1 spiro atoms. The second-order valence-corrected chi connectivity index (χ2v) is 7.30. The lowest BCUT2D eigenvalue weighted by Crippen LogP contribution is -2.47. The van der Waals surface area contributed by atoms with Crippen LogP contribution in [0.25, 0.3) is 0 Å². The summed E-state index contributed by atoms with van der Waals surface area (Å²) < 4.78 is 6.19. The van der Waals surface area contributed by atoms with Gasteiger partial charge in [0.15, 0.2) is 0 Å². The molecule has 19 heavy (non-hydrogen) atoms. The number of hydrogen-bond donors (Lipinski definition) is 1. The summed E-state index contributed by atoms with van der Waals surface area (Å²) in [5.74, 6) is 0.927. The van der Waals surface area contributed by atoms with E-state index in [0.29, 0.717) is 0 Å². The molecule has 1 saturated carbocycles. The summed E-state index contributed by atoms with van der Waals surface area (Å²) in [6, 6.07) is 1.59. The highest BCUT2D eigenvalue weighted by molar-refractivity contribution is 4.99. The average Bonchev–Trinajstić information content (AvgIpc) is 3.05. The maximum atomic E-state index is 6.19. The van der Waals surface area contributed by atoms with Crippen LogP contribution < -0.4 is 5.32 Å². The normalized spacial score (nSPS) is 42.6. The highest BCUT2D eigenvalue weighted by atomic mass is 16.5. The van der Waals surface area contributed by atoms with Crippen LogP contribution in [0.15, 0.2) is 0 Å². The monoisotopic (exact) mass is 264 g/mol. The van der Waals surface area contributed by atoms with E-state index in [-0.39, 0.29) is 5.60 Å². The lowest BCUT2D eigenvalue weighted by Gasteiger charge is -2.42. The quantitative estimate of drug-likeness (QED) is 0.785. The number of piperidine rings is 1. The SMILES string of the molecule is C1CN[C@@H]2CN(C3CCOC4(CCCC4)C3)C[C@@H]2C1. The fourth-order valence-electron chi connectivity index (χ4n) is 5.06. The predicted octanol–water partition coefficient (Wildman–Crippen LogP) is 2.16. The van der Waals surface area contributed by atoms with Crippen molar-refractivity contribution in [2.75, 3.05) is 26.2 Å². The Labute approximate surface area is 117 Å². The van der Waals surface area contributed by atoms with Gasteiger partial charge in [-0.25, -0.2) is 0 Å². The molecule has 108 valence electrons. The molecule has 3 atom stereocenters. The fourth-order valence-corrected chi connectivity index (χ4v) is 5.06. The van der Waals surface area contributed by atoms with Gasteiger partial charge in [-0.1, -0.05) is 12.8 Å². The first-order valence-corrected chi connectivity index (χ1v) is 8.46. The summed E-state index contributed by atoms with van der Waals surface area (Å²) in [6.07, 6.45) is 10.8. The van der Waals surface area contributed by atoms with Crippen LogP contribution in [0.4, 0.5) is 0 Å². The minimum absolute atomic E-state index is 0.282. The molecule has 1 aliphatic carbocycles. The highest BCUT2D eigenvalue weighted by Gasteiger charge is 2.44. The largest absolute Gasteiger partial charge is 0.375 e. The van der Waals surface area contributed by atoms with Crippen LogP contribution in [-0.4, -0.2) is 48.8 Å². The highest BCUT2D eigenvalue weighted by Crippen LogP contribution is 2.42. The third-order valence-electron chi connectivity index (χ3n) is 6.13. The molecule has 0 radical (unpaired) electrons. The van der Waals surface area contributed by atoms with Gasteiger partial charge in [-0.15, -0.1) is 0 Å². The Morgan fingerprint density at radius 2 is 1.95 bits per heavy atom. The number of rotatable bonds is 1. The molecule has 0 aromatic heterocycles.